The van der Waals surface area contributed by atoms with Crippen molar-refractivity contribution < 1.29 is 0 Å². The molecule has 12 aromatic rings. The molecule has 0 saturated carbocycles. The fraction of sp³-hybridized carbons (Fsp3) is 0. The van der Waals surface area contributed by atoms with Crippen molar-refractivity contribution in [1.82, 2.24) is 9.97 Å². The van der Waals surface area contributed by atoms with Gasteiger partial charge in [0, 0.05) is 21.9 Å². The van der Waals surface area contributed by atoms with Crippen molar-refractivity contribution in [2.75, 3.05) is 0 Å². The minimum Gasteiger partial charge on any atom is -0.248 e. The van der Waals surface area contributed by atoms with Gasteiger partial charge in [0.1, 0.15) is 0 Å². The highest BCUT2D eigenvalue weighted by atomic mass is 14.7. The molecular formula is C66H44N2. The van der Waals surface area contributed by atoms with Crippen molar-refractivity contribution in [3.8, 4) is 100 Å². The Morgan fingerprint density at radius 2 is 0.441 bits per heavy atom. The molecule has 0 N–H and O–H groups in total. The summed E-state index contributed by atoms with van der Waals surface area (Å²) in [6.45, 7) is 0. The summed E-state index contributed by atoms with van der Waals surface area (Å²) in [6.07, 6.45) is 0. The fourth-order valence-electron chi connectivity index (χ4n) is 9.56. The number of rotatable bonds is 9. The average Bonchev–Trinajstić information content (AvgIpc) is 3.43. The highest BCUT2D eigenvalue weighted by molar-refractivity contribution is 6.02. The molecule has 0 bridgehead atoms. The van der Waals surface area contributed by atoms with Gasteiger partial charge in [0.2, 0.25) is 0 Å². The normalized spacial score (nSPS) is 11.2. The standard InChI is InChI=1S/C66H44N2/c1-7-19-45(20-8-1)53-35-54(46-21-9-2-10-22-46)38-57(37-53)65-43-59(49-27-15-5-16-28-49)61-41-51(31-33-63(61)67-65)52-32-34-64-62(42-52)60(50-29-17-6-18-30-50)44-66(68-64)58-39-55(47-23-11-3-12-24-47)36-56(40-58)48-25-13-4-14-26-48/h1-44H. The maximum atomic E-state index is 5.42. The second-order valence-electron chi connectivity index (χ2n) is 17.4. The molecule has 0 aliphatic carbocycles. The monoisotopic (exact) mass is 864 g/mol. The first-order chi connectivity index (χ1) is 33.7. The van der Waals surface area contributed by atoms with Crippen molar-refractivity contribution in [2.24, 2.45) is 0 Å². The van der Waals surface area contributed by atoms with Gasteiger partial charge in [-0.15, -0.1) is 0 Å². The van der Waals surface area contributed by atoms with E-state index in [4.69, 9.17) is 9.97 Å². The molecule has 0 aliphatic rings. The molecule has 0 amide bonds. The second-order valence-corrected chi connectivity index (χ2v) is 17.4. The van der Waals surface area contributed by atoms with Crippen LogP contribution in [0.5, 0.6) is 0 Å². The summed E-state index contributed by atoms with van der Waals surface area (Å²) in [7, 11) is 0. The number of hydrogen-bond acceptors (Lipinski definition) is 2. The van der Waals surface area contributed by atoms with E-state index in [0.29, 0.717) is 0 Å². The number of aromatic nitrogens is 2. The molecule has 0 spiro atoms. The van der Waals surface area contributed by atoms with Crippen molar-refractivity contribution >= 4 is 21.8 Å². The molecule has 10 aromatic carbocycles. The third-order valence-electron chi connectivity index (χ3n) is 13.0. The van der Waals surface area contributed by atoms with Crippen LogP contribution in [-0.4, -0.2) is 9.97 Å². The zero-order valence-electron chi connectivity index (χ0n) is 37.3. The van der Waals surface area contributed by atoms with Gasteiger partial charge in [-0.05, 0) is 151 Å². The zero-order chi connectivity index (χ0) is 45.2. The van der Waals surface area contributed by atoms with E-state index in [9.17, 15) is 0 Å². The van der Waals surface area contributed by atoms with Crippen molar-refractivity contribution in [2.45, 2.75) is 0 Å². The van der Waals surface area contributed by atoms with Gasteiger partial charge in [0.25, 0.3) is 0 Å². The molecule has 0 aliphatic heterocycles. The van der Waals surface area contributed by atoms with E-state index in [1.165, 1.54) is 22.3 Å². The number of fused-ring (bicyclic) bond motifs is 2. The molecule has 318 valence electrons. The van der Waals surface area contributed by atoms with E-state index in [1.54, 1.807) is 0 Å². The van der Waals surface area contributed by atoms with E-state index < -0.39 is 0 Å². The lowest BCUT2D eigenvalue weighted by Crippen LogP contribution is -1.93. The largest absolute Gasteiger partial charge is 0.248 e. The van der Waals surface area contributed by atoms with Crippen LogP contribution in [0.2, 0.25) is 0 Å². The topological polar surface area (TPSA) is 25.8 Å². The van der Waals surface area contributed by atoms with E-state index in [0.717, 1.165) is 100.0 Å². The lowest BCUT2D eigenvalue weighted by Gasteiger charge is -2.16. The molecule has 0 atom stereocenters. The Bertz CT molecular complexity index is 3370. The van der Waals surface area contributed by atoms with Gasteiger partial charge >= 0.3 is 0 Å². The number of nitrogens with zero attached hydrogens (tertiary/aromatic N) is 2. The van der Waals surface area contributed by atoms with E-state index in [2.05, 4.69) is 267 Å². The summed E-state index contributed by atoms with van der Waals surface area (Å²) in [5, 5.41) is 2.20. The lowest BCUT2D eigenvalue weighted by atomic mass is 9.91. The molecule has 68 heavy (non-hydrogen) atoms. The maximum Gasteiger partial charge on any atom is 0.0716 e. The van der Waals surface area contributed by atoms with Crippen LogP contribution in [0.1, 0.15) is 0 Å². The van der Waals surface area contributed by atoms with Gasteiger partial charge < -0.3 is 0 Å². The summed E-state index contributed by atoms with van der Waals surface area (Å²) in [5.41, 5.74) is 22.1. The summed E-state index contributed by atoms with van der Waals surface area (Å²) in [6, 6.07) is 95.6. The first kappa shape index (κ1) is 40.5. The molecule has 2 aromatic heterocycles. The van der Waals surface area contributed by atoms with Crippen LogP contribution in [0.25, 0.3) is 122 Å². The third-order valence-corrected chi connectivity index (χ3v) is 13.0. The van der Waals surface area contributed by atoms with Crippen molar-refractivity contribution in [3.05, 3.63) is 267 Å². The Hall–Kier alpha value is -8.98. The number of hydrogen-bond donors (Lipinski definition) is 0. The van der Waals surface area contributed by atoms with Crippen LogP contribution in [-0.2, 0) is 0 Å². The molecule has 0 saturated heterocycles. The van der Waals surface area contributed by atoms with Gasteiger partial charge in [0.15, 0.2) is 0 Å². The van der Waals surface area contributed by atoms with E-state index in [1.807, 2.05) is 0 Å². The Kier molecular flexibility index (Phi) is 10.6. The van der Waals surface area contributed by atoms with Gasteiger partial charge in [-0.2, -0.15) is 0 Å². The number of pyridine rings is 2. The quantitative estimate of drug-likeness (QED) is 0.144. The molecule has 0 radical (unpaired) electrons. The van der Waals surface area contributed by atoms with Crippen LogP contribution in [0, 0.1) is 0 Å². The van der Waals surface area contributed by atoms with Gasteiger partial charge in [-0.1, -0.05) is 194 Å². The van der Waals surface area contributed by atoms with Crippen LogP contribution in [0.15, 0.2) is 267 Å². The fourth-order valence-corrected chi connectivity index (χ4v) is 9.56. The minimum absolute atomic E-state index is 0.935. The summed E-state index contributed by atoms with van der Waals surface area (Å²) < 4.78 is 0. The lowest BCUT2D eigenvalue weighted by molar-refractivity contribution is 1.39. The molecule has 0 unspecified atom stereocenters. The molecular weight excluding hydrogens is 821 g/mol. The van der Waals surface area contributed by atoms with E-state index >= 15 is 0 Å². The molecule has 0 fully saturated rings. The summed E-state index contributed by atoms with van der Waals surface area (Å²) >= 11 is 0. The Morgan fingerprint density at radius 3 is 0.735 bits per heavy atom. The Balaban J connectivity index is 1.00. The van der Waals surface area contributed by atoms with Gasteiger partial charge in [-0.25, -0.2) is 9.97 Å². The molecule has 2 heterocycles. The Morgan fingerprint density at radius 1 is 0.176 bits per heavy atom. The zero-order valence-corrected chi connectivity index (χ0v) is 37.3. The SMILES string of the molecule is c1ccc(-c2cc(-c3ccccc3)cc(-c3cc(-c4ccccc4)c4cc(-c5ccc6nc(-c7cc(-c8ccccc8)cc(-c8ccccc8)c7)cc(-c7ccccc7)c6c5)ccc4n3)c2)cc1. The van der Waals surface area contributed by atoms with E-state index in [-0.39, 0.29) is 0 Å². The van der Waals surface area contributed by atoms with Crippen molar-refractivity contribution in [1.29, 1.82) is 0 Å². The van der Waals surface area contributed by atoms with Crippen molar-refractivity contribution in [3.63, 3.8) is 0 Å². The highest BCUT2D eigenvalue weighted by Crippen LogP contribution is 2.41. The predicted molar refractivity (Wildman–Crippen MR) is 286 cm³/mol. The summed E-state index contributed by atoms with van der Waals surface area (Å²) in [5.74, 6) is 0. The molecule has 2 heteroatoms. The minimum atomic E-state index is 0.935. The van der Waals surface area contributed by atoms with Gasteiger partial charge in [0.05, 0.1) is 22.4 Å². The summed E-state index contributed by atoms with van der Waals surface area (Å²) in [4.78, 5) is 10.8. The highest BCUT2D eigenvalue weighted by Gasteiger charge is 2.17. The second kappa shape index (κ2) is 17.8. The van der Waals surface area contributed by atoms with Crippen LogP contribution < -0.4 is 0 Å². The maximum absolute atomic E-state index is 5.42. The number of benzene rings is 10. The predicted octanol–water partition coefficient (Wildman–Crippen LogP) is 17.8. The van der Waals surface area contributed by atoms with Gasteiger partial charge in [-0.3, -0.25) is 0 Å². The smallest absolute Gasteiger partial charge is 0.0716 e. The van der Waals surface area contributed by atoms with Crippen LogP contribution in [0.3, 0.4) is 0 Å². The Labute approximate surface area is 397 Å². The van der Waals surface area contributed by atoms with Crippen LogP contribution in [0.4, 0.5) is 0 Å². The van der Waals surface area contributed by atoms with Crippen LogP contribution >= 0.6 is 0 Å². The molecule has 2 nitrogen and oxygen atoms in total. The molecule has 12 rings (SSSR count). The average molecular weight is 865 g/mol. The first-order valence-electron chi connectivity index (χ1n) is 23.2. The third kappa shape index (κ3) is 8.06. The first-order valence-corrected chi connectivity index (χ1v) is 23.2.